The van der Waals surface area contributed by atoms with Crippen LogP contribution in [0.25, 0.3) is 16.8 Å². The van der Waals surface area contributed by atoms with Gasteiger partial charge in [0.25, 0.3) is 5.56 Å². The number of anilines is 2. The lowest BCUT2D eigenvalue weighted by atomic mass is 9.80. The molecule has 0 atom stereocenters. The number of hydrogen-bond donors (Lipinski definition) is 4. The lowest BCUT2D eigenvalue weighted by Crippen LogP contribution is -2.42. The Kier molecular flexibility index (Phi) is 8.58. The molecule has 0 aliphatic carbocycles. The number of amides is 1. The summed E-state index contributed by atoms with van der Waals surface area (Å²) in [6.07, 6.45) is 5.53. The molecule has 39 heavy (non-hydrogen) atoms. The van der Waals surface area contributed by atoms with E-state index in [1.54, 1.807) is 48.8 Å². The number of nitrogens with zero attached hydrogens (tertiary/aromatic N) is 5. The van der Waals surface area contributed by atoms with Crippen molar-refractivity contribution in [3.05, 3.63) is 64.2 Å². The number of nitrogen functional groups attached to an aromatic ring is 1. The van der Waals surface area contributed by atoms with E-state index >= 15 is 0 Å². The highest BCUT2D eigenvalue weighted by Crippen LogP contribution is 2.41. The number of fused-ring (bicyclic) bond motifs is 1. The summed E-state index contributed by atoms with van der Waals surface area (Å²) in [5.74, 6) is 0.642. The molecule has 0 saturated carbocycles. The van der Waals surface area contributed by atoms with Gasteiger partial charge in [-0.15, -0.1) is 0 Å². The zero-order valence-electron chi connectivity index (χ0n) is 21.2. The Balaban J connectivity index is 0.00000112. The number of benzene rings is 1. The van der Waals surface area contributed by atoms with Crippen molar-refractivity contribution >= 4 is 47.1 Å². The quantitative estimate of drug-likeness (QED) is 0.261. The average Bonchev–Trinajstić information content (AvgIpc) is 2.92. The van der Waals surface area contributed by atoms with E-state index in [1.807, 2.05) is 0 Å². The number of halogens is 1. The highest BCUT2D eigenvalue weighted by Gasteiger charge is 2.29. The molecule has 5 rings (SSSR count). The van der Waals surface area contributed by atoms with Gasteiger partial charge in [0.1, 0.15) is 22.1 Å². The first-order valence-corrected chi connectivity index (χ1v) is 13.3. The lowest BCUT2D eigenvalue weighted by Gasteiger charge is -2.39. The standard InChI is InChI=1S/C25H26ClN7O2S.CH3NO/c1-25(14-27)8-11-32(12-9-25)18-13-29-23(21(28)30-18)36-16-6-4-5-15(20(16)26)19-22(34)31-17-7-2-3-10-33(17)24(19)35;2-1-3/h2-7,10,13,34H,8-9,11-12,14,27H2,1H3,(H2,28,30);1H,(H2,2,3). The zero-order valence-corrected chi connectivity index (χ0v) is 22.8. The molecule has 7 N–H and O–H groups in total. The Morgan fingerprint density at radius 3 is 2.56 bits per heavy atom. The van der Waals surface area contributed by atoms with E-state index in [9.17, 15) is 9.90 Å². The van der Waals surface area contributed by atoms with Crippen molar-refractivity contribution < 1.29 is 9.90 Å². The SMILES string of the molecule is CC1(CN)CCN(c2cnc(Sc3cccc(-c4c(O)nc5ccccn5c4=O)c3Cl)c(N)n2)CC1.NC=O. The fourth-order valence-corrected chi connectivity index (χ4v) is 5.44. The van der Waals surface area contributed by atoms with Gasteiger partial charge in [-0.2, -0.15) is 4.98 Å². The second kappa shape index (κ2) is 11.9. The molecule has 1 aliphatic heterocycles. The number of rotatable bonds is 5. The zero-order chi connectivity index (χ0) is 28.2. The summed E-state index contributed by atoms with van der Waals surface area (Å²) >= 11 is 7.97. The van der Waals surface area contributed by atoms with Gasteiger partial charge in [0.2, 0.25) is 12.3 Å². The summed E-state index contributed by atoms with van der Waals surface area (Å²) in [5.41, 5.74) is 16.8. The van der Waals surface area contributed by atoms with Crippen LogP contribution in [0.1, 0.15) is 19.8 Å². The van der Waals surface area contributed by atoms with E-state index in [0.717, 1.165) is 31.7 Å². The highest BCUT2D eigenvalue weighted by molar-refractivity contribution is 7.99. The number of pyridine rings is 1. The monoisotopic (exact) mass is 568 g/mol. The molecule has 1 amide bonds. The van der Waals surface area contributed by atoms with Crippen LogP contribution >= 0.6 is 23.4 Å². The molecule has 0 spiro atoms. The maximum absolute atomic E-state index is 13.1. The third kappa shape index (κ3) is 5.92. The Hall–Kier alpha value is -3.87. The Labute approximate surface area is 234 Å². The number of aromatic hydroxyl groups is 1. The summed E-state index contributed by atoms with van der Waals surface area (Å²) in [4.78, 5) is 37.8. The van der Waals surface area contributed by atoms with Crippen molar-refractivity contribution in [3.63, 3.8) is 0 Å². The summed E-state index contributed by atoms with van der Waals surface area (Å²) < 4.78 is 1.37. The summed E-state index contributed by atoms with van der Waals surface area (Å²) in [6, 6.07) is 10.3. The van der Waals surface area contributed by atoms with Crippen LogP contribution in [0.4, 0.5) is 11.6 Å². The molecule has 204 valence electrons. The van der Waals surface area contributed by atoms with Gasteiger partial charge >= 0.3 is 0 Å². The first-order chi connectivity index (χ1) is 18.7. The molecule has 13 heteroatoms. The van der Waals surface area contributed by atoms with Crippen LogP contribution in [0.3, 0.4) is 0 Å². The molecule has 1 aromatic carbocycles. The third-order valence-corrected chi connectivity index (χ3v) is 8.28. The maximum atomic E-state index is 13.1. The minimum Gasteiger partial charge on any atom is -0.493 e. The molecule has 1 saturated heterocycles. The van der Waals surface area contributed by atoms with E-state index in [2.05, 4.69) is 32.5 Å². The van der Waals surface area contributed by atoms with Crippen molar-refractivity contribution in [2.45, 2.75) is 29.7 Å². The number of carbonyl (C=O) groups excluding carboxylic acids is 1. The van der Waals surface area contributed by atoms with Gasteiger partial charge in [0.15, 0.2) is 5.82 Å². The molecular formula is C26H29ClN8O3S. The van der Waals surface area contributed by atoms with Crippen molar-refractivity contribution in [3.8, 4) is 17.0 Å². The van der Waals surface area contributed by atoms with Crippen molar-refractivity contribution in [1.29, 1.82) is 0 Å². The number of piperidine rings is 1. The molecule has 1 fully saturated rings. The predicted molar refractivity (Wildman–Crippen MR) is 153 cm³/mol. The van der Waals surface area contributed by atoms with Crippen LogP contribution in [-0.2, 0) is 4.79 Å². The van der Waals surface area contributed by atoms with E-state index < -0.39 is 5.56 Å². The predicted octanol–water partition coefficient (Wildman–Crippen LogP) is 2.91. The molecule has 11 nitrogen and oxygen atoms in total. The largest absolute Gasteiger partial charge is 0.493 e. The fraction of sp³-hybridized carbons (Fsp3) is 0.269. The van der Waals surface area contributed by atoms with Gasteiger partial charge < -0.3 is 27.2 Å². The minimum absolute atomic E-state index is 0.0233. The Morgan fingerprint density at radius 1 is 1.18 bits per heavy atom. The molecule has 1 aliphatic rings. The van der Waals surface area contributed by atoms with Gasteiger partial charge in [-0.3, -0.25) is 14.0 Å². The summed E-state index contributed by atoms with van der Waals surface area (Å²) in [6.45, 7) is 4.58. The number of nitrogens with two attached hydrogens (primary N) is 3. The maximum Gasteiger partial charge on any atom is 0.269 e. The molecular weight excluding hydrogens is 540 g/mol. The lowest BCUT2D eigenvalue weighted by molar-refractivity contribution is -0.106. The summed E-state index contributed by atoms with van der Waals surface area (Å²) in [5, 5.41) is 11.3. The molecule has 0 unspecified atom stereocenters. The van der Waals surface area contributed by atoms with Crippen molar-refractivity contribution in [2.75, 3.05) is 30.3 Å². The van der Waals surface area contributed by atoms with E-state index in [4.69, 9.17) is 27.9 Å². The van der Waals surface area contributed by atoms with Gasteiger partial charge in [0.05, 0.1) is 11.2 Å². The average molecular weight is 569 g/mol. The fourth-order valence-electron chi connectivity index (χ4n) is 4.29. The molecule has 4 heterocycles. The van der Waals surface area contributed by atoms with E-state index in [0.29, 0.717) is 33.5 Å². The van der Waals surface area contributed by atoms with E-state index in [-0.39, 0.29) is 28.3 Å². The molecule has 4 aromatic rings. The first-order valence-electron chi connectivity index (χ1n) is 12.1. The van der Waals surface area contributed by atoms with Crippen LogP contribution in [0.2, 0.25) is 5.02 Å². The van der Waals surface area contributed by atoms with Gasteiger partial charge in [0, 0.05) is 29.7 Å². The van der Waals surface area contributed by atoms with Crippen LogP contribution in [0.15, 0.2) is 63.5 Å². The van der Waals surface area contributed by atoms with Crippen LogP contribution in [-0.4, -0.2) is 50.5 Å². The topological polar surface area (TPSA) is 179 Å². The molecule has 0 bridgehead atoms. The van der Waals surface area contributed by atoms with Gasteiger partial charge in [-0.1, -0.05) is 48.5 Å². The number of carbonyl (C=O) groups is 1. The second-order valence-electron chi connectivity index (χ2n) is 9.32. The van der Waals surface area contributed by atoms with Crippen LogP contribution in [0, 0.1) is 5.41 Å². The number of aromatic nitrogens is 4. The third-order valence-electron chi connectivity index (χ3n) is 6.69. The van der Waals surface area contributed by atoms with Crippen LogP contribution in [0.5, 0.6) is 5.88 Å². The molecule has 0 radical (unpaired) electrons. The second-order valence-corrected chi connectivity index (χ2v) is 10.7. The van der Waals surface area contributed by atoms with Crippen LogP contribution < -0.4 is 27.7 Å². The number of hydrogen-bond acceptors (Lipinski definition) is 10. The van der Waals surface area contributed by atoms with Gasteiger partial charge in [-0.25, -0.2) is 9.97 Å². The highest BCUT2D eigenvalue weighted by atomic mass is 35.5. The van der Waals surface area contributed by atoms with Crippen molar-refractivity contribution in [2.24, 2.45) is 16.9 Å². The van der Waals surface area contributed by atoms with E-state index in [1.165, 1.54) is 16.2 Å². The smallest absolute Gasteiger partial charge is 0.269 e. The normalized spacial score (nSPS) is 14.5. The van der Waals surface area contributed by atoms with Gasteiger partial charge in [-0.05, 0) is 43.0 Å². The Bertz CT molecular complexity index is 1560. The van der Waals surface area contributed by atoms with Crippen molar-refractivity contribution in [1.82, 2.24) is 19.4 Å². The number of primary amides is 1. The Morgan fingerprint density at radius 2 is 1.90 bits per heavy atom. The molecule has 3 aromatic heterocycles. The summed E-state index contributed by atoms with van der Waals surface area (Å²) in [7, 11) is 0. The minimum atomic E-state index is -0.418. The first kappa shape index (κ1) is 28.1.